The maximum Gasteiger partial charge on any atom is 0.343 e. The molecule has 0 saturated heterocycles. The predicted molar refractivity (Wildman–Crippen MR) is 128 cm³/mol. The summed E-state index contributed by atoms with van der Waals surface area (Å²) >= 11 is 0. The second-order valence-corrected chi connectivity index (χ2v) is 7.78. The maximum absolute atomic E-state index is 12.5. The van der Waals surface area contributed by atoms with Crippen molar-refractivity contribution in [2.75, 3.05) is 13.2 Å². The van der Waals surface area contributed by atoms with E-state index in [4.69, 9.17) is 14.2 Å². The lowest BCUT2D eigenvalue weighted by atomic mass is 10.0. The molecule has 0 fully saturated rings. The molecule has 32 heavy (non-hydrogen) atoms. The van der Waals surface area contributed by atoms with E-state index in [1.807, 2.05) is 67.6 Å². The number of ether oxygens (including phenoxy) is 3. The number of carbonyl (C=O) groups excluding carboxylic acids is 1. The van der Waals surface area contributed by atoms with Gasteiger partial charge in [0.1, 0.15) is 11.5 Å². The molecule has 0 aliphatic carbocycles. The molecule has 4 heteroatoms. The number of benzene rings is 3. The van der Waals surface area contributed by atoms with Crippen LogP contribution in [0.4, 0.5) is 0 Å². The molecule has 0 amide bonds. The Kier molecular flexibility index (Phi) is 8.88. The molecule has 0 bridgehead atoms. The van der Waals surface area contributed by atoms with Crippen molar-refractivity contribution in [3.8, 4) is 22.6 Å². The number of hydrogen-bond donors (Lipinski definition) is 0. The zero-order valence-electron chi connectivity index (χ0n) is 19.2. The number of carbonyl (C=O) groups is 1. The number of rotatable bonds is 11. The summed E-state index contributed by atoms with van der Waals surface area (Å²) in [5.74, 6) is 1.01. The standard InChI is InChI=1S/C28H32O4/c1-4-6-20-30-21(3)22-11-17-27(18-12-22)32-28(29)25-9-7-23(8-10-25)24-13-15-26(16-14-24)31-19-5-2/h7-18,21H,4-6,19-20H2,1-3H3. The quantitative estimate of drug-likeness (QED) is 0.182. The van der Waals surface area contributed by atoms with Gasteiger partial charge in [-0.15, -0.1) is 0 Å². The summed E-state index contributed by atoms with van der Waals surface area (Å²) in [6.45, 7) is 7.72. The molecule has 0 aliphatic rings. The minimum atomic E-state index is -0.375. The van der Waals surface area contributed by atoms with Crippen molar-refractivity contribution in [3.63, 3.8) is 0 Å². The smallest absolute Gasteiger partial charge is 0.343 e. The van der Waals surface area contributed by atoms with Gasteiger partial charge >= 0.3 is 5.97 Å². The Labute approximate surface area is 191 Å². The fourth-order valence-corrected chi connectivity index (χ4v) is 3.24. The van der Waals surface area contributed by atoms with Gasteiger partial charge in [0.2, 0.25) is 0 Å². The van der Waals surface area contributed by atoms with E-state index in [-0.39, 0.29) is 12.1 Å². The molecule has 1 unspecified atom stereocenters. The average molecular weight is 433 g/mol. The van der Waals surface area contributed by atoms with Gasteiger partial charge in [-0.3, -0.25) is 0 Å². The van der Waals surface area contributed by atoms with Gasteiger partial charge in [-0.1, -0.05) is 56.7 Å². The van der Waals surface area contributed by atoms with E-state index in [0.29, 0.717) is 17.9 Å². The van der Waals surface area contributed by atoms with Crippen LogP contribution < -0.4 is 9.47 Å². The minimum Gasteiger partial charge on any atom is -0.494 e. The van der Waals surface area contributed by atoms with Gasteiger partial charge in [-0.25, -0.2) is 4.79 Å². The fraction of sp³-hybridized carbons (Fsp3) is 0.321. The van der Waals surface area contributed by atoms with E-state index in [0.717, 1.165) is 48.3 Å². The summed E-state index contributed by atoms with van der Waals surface area (Å²) in [6.07, 6.45) is 3.17. The van der Waals surface area contributed by atoms with Gasteiger partial charge in [0.25, 0.3) is 0 Å². The summed E-state index contributed by atoms with van der Waals surface area (Å²) < 4.78 is 17.0. The minimum absolute atomic E-state index is 0.0196. The Morgan fingerprint density at radius 2 is 1.34 bits per heavy atom. The first-order chi connectivity index (χ1) is 15.6. The second kappa shape index (κ2) is 12.1. The van der Waals surface area contributed by atoms with Crippen molar-refractivity contribution >= 4 is 5.97 Å². The first-order valence-corrected chi connectivity index (χ1v) is 11.4. The molecular formula is C28H32O4. The largest absolute Gasteiger partial charge is 0.494 e. The molecule has 4 nitrogen and oxygen atoms in total. The molecule has 0 N–H and O–H groups in total. The van der Waals surface area contributed by atoms with Gasteiger partial charge in [-0.2, -0.15) is 0 Å². The van der Waals surface area contributed by atoms with Crippen molar-refractivity contribution in [2.24, 2.45) is 0 Å². The summed E-state index contributed by atoms with van der Waals surface area (Å²) in [7, 11) is 0. The third kappa shape index (κ3) is 6.69. The Balaban J connectivity index is 1.57. The topological polar surface area (TPSA) is 44.8 Å². The molecule has 0 saturated carbocycles. The monoisotopic (exact) mass is 432 g/mol. The van der Waals surface area contributed by atoms with E-state index in [2.05, 4.69) is 13.8 Å². The van der Waals surface area contributed by atoms with Crippen molar-refractivity contribution in [1.29, 1.82) is 0 Å². The van der Waals surface area contributed by atoms with Crippen molar-refractivity contribution in [2.45, 2.75) is 46.1 Å². The van der Waals surface area contributed by atoms with Crippen LogP contribution in [0.5, 0.6) is 11.5 Å². The zero-order valence-corrected chi connectivity index (χ0v) is 19.2. The van der Waals surface area contributed by atoms with Crippen LogP contribution in [-0.2, 0) is 4.74 Å². The SMILES string of the molecule is CCCCOC(C)c1ccc(OC(=O)c2ccc(-c3ccc(OCCC)cc3)cc2)cc1. The first kappa shape index (κ1) is 23.6. The third-order valence-corrected chi connectivity index (χ3v) is 5.21. The second-order valence-electron chi connectivity index (χ2n) is 7.78. The number of hydrogen-bond acceptors (Lipinski definition) is 4. The average Bonchev–Trinajstić information content (AvgIpc) is 2.83. The van der Waals surface area contributed by atoms with E-state index in [1.54, 1.807) is 12.1 Å². The summed E-state index contributed by atoms with van der Waals surface area (Å²) in [5, 5.41) is 0. The maximum atomic E-state index is 12.5. The lowest BCUT2D eigenvalue weighted by Crippen LogP contribution is -2.08. The van der Waals surface area contributed by atoms with E-state index in [9.17, 15) is 4.79 Å². The van der Waals surface area contributed by atoms with Crippen LogP contribution in [0.15, 0.2) is 72.8 Å². The van der Waals surface area contributed by atoms with Crippen LogP contribution in [0.2, 0.25) is 0 Å². The molecule has 1 atom stereocenters. The van der Waals surface area contributed by atoms with Crippen molar-refractivity contribution in [3.05, 3.63) is 83.9 Å². The Morgan fingerprint density at radius 3 is 1.94 bits per heavy atom. The molecule has 0 spiro atoms. The van der Waals surface area contributed by atoms with E-state index >= 15 is 0 Å². The number of unbranched alkanes of at least 4 members (excludes halogenated alkanes) is 1. The van der Waals surface area contributed by atoms with Crippen LogP contribution in [0, 0.1) is 0 Å². The molecule has 0 aromatic heterocycles. The normalized spacial score (nSPS) is 11.7. The lowest BCUT2D eigenvalue weighted by Gasteiger charge is -2.13. The van der Waals surface area contributed by atoms with Crippen LogP contribution in [-0.4, -0.2) is 19.2 Å². The third-order valence-electron chi connectivity index (χ3n) is 5.21. The van der Waals surface area contributed by atoms with Crippen LogP contribution in [0.1, 0.15) is 62.1 Å². The molecular weight excluding hydrogens is 400 g/mol. The summed E-state index contributed by atoms with van der Waals surface area (Å²) in [4.78, 5) is 12.5. The van der Waals surface area contributed by atoms with Crippen molar-refractivity contribution in [1.82, 2.24) is 0 Å². The molecule has 0 aliphatic heterocycles. The fourth-order valence-electron chi connectivity index (χ4n) is 3.24. The molecule has 168 valence electrons. The van der Waals surface area contributed by atoms with Gasteiger partial charge in [0.05, 0.1) is 18.3 Å². The van der Waals surface area contributed by atoms with E-state index < -0.39 is 0 Å². The summed E-state index contributed by atoms with van der Waals surface area (Å²) in [6, 6.07) is 22.9. The first-order valence-electron chi connectivity index (χ1n) is 11.4. The summed E-state index contributed by atoms with van der Waals surface area (Å²) in [5.41, 5.74) is 3.68. The Morgan fingerprint density at radius 1 is 0.750 bits per heavy atom. The Bertz CT molecular complexity index is 960. The van der Waals surface area contributed by atoms with Crippen LogP contribution in [0.3, 0.4) is 0 Å². The molecule has 0 heterocycles. The molecule has 3 rings (SSSR count). The van der Waals surface area contributed by atoms with Crippen LogP contribution >= 0.6 is 0 Å². The van der Waals surface area contributed by atoms with Crippen LogP contribution in [0.25, 0.3) is 11.1 Å². The van der Waals surface area contributed by atoms with Crippen molar-refractivity contribution < 1.29 is 19.0 Å². The Hall–Kier alpha value is -3.11. The highest BCUT2D eigenvalue weighted by Gasteiger charge is 2.11. The molecule has 0 radical (unpaired) electrons. The highest BCUT2D eigenvalue weighted by molar-refractivity contribution is 5.91. The van der Waals surface area contributed by atoms with E-state index in [1.165, 1.54) is 0 Å². The zero-order chi connectivity index (χ0) is 22.8. The van der Waals surface area contributed by atoms with Gasteiger partial charge in [0.15, 0.2) is 0 Å². The number of esters is 1. The lowest BCUT2D eigenvalue weighted by molar-refractivity contribution is 0.0636. The molecule has 3 aromatic rings. The molecule has 3 aromatic carbocycles. The highest BCUT2D eigenvalue weighted by Crippen LogP contribution is 2.24. The highest BCUT2D eigenvalue weighted by atomic mass is 16.5. The van der Waals surface area contributed by atoms with Gasteiger partial charge in [0, 0.05) is 6.61 Å². The van der Waals surface area contributed by atoms with Gasteiger partial charge in [-0.05, 0) is 72.9 Å². The predicted octanol–water partition coefficient (Wildman–Crippen LogP) is 7.24. The van der Waals surface area contributed by atoms with Gasteiger partial charge < -0.3 is 14.2 Å².